The molecule has 0 amide bonds. The van der Waals surface area contributed by atoms with Gasteiger partial charge in [-0.3, -0.25) is 5.84 Å². The Morgan fingerprint density at radius 2 is 2.10 bits per heavy atom. The van der Waals surface area contributed by atoms with Gasteiger partial charge in [-0.2, -0.15) is 0 Å². The summed E-state index contributed by atoms with van der Waals surface area (Å²) < 4.78 is 6.51. The first-order chi connectivity index (χ1) is 9.69. The molecule has 20 heavy (non-hydrogen) atoms. The number of hydrogen-bond acceptors (Lipinski definition) is 3. The number of nitrogens with one attached hydrogen (secondary N) is 1. The highest BCUT2D eigenvalue weighted by atomic mass is 79.9. The van der Waals surface area contributed by atoms with Gasteiger partial charge in [0.05, 0.1) is 12.6 Å². The van der Waals surface area contributed by atoms with Gasteiger partial charge < -0.3 is 4.74 Å². The van der Waals surface area contributed by atoms with Crippen LogP contribution >= 0.6 is 27.5 Å². The van der Waals surface area contributed by atoms with Crippen LogP contribution in [0.1, 0.15) is 22.7 Å². The average molecular weight is 354 g/mol. The minimum atomic E-state index is -0.117. The first-order valence-corrected chi connectivity index (χ1v) is 7.53. The molecule has 1 atom stereocenters. The maximum Gasteiger partial charge on any atom is 0.122 e. The van der Waals surface area contributed by atoms with Crippen molar-refractivity contribution in [3.05, 3.63) is 62.6 Å². The van der Waals surface area contributed by atoms with E-state index in [9.17, 15) is 0 Å². The lowest BCUT2D eigenvalue weighted by molar-refractivity contribution is 0.357. The van der Waals surface area contributed by atoms with Crippen LogP contribution in [0.3, 0.4) is 0 Å². The van der Waals surface area contributed by atoms with E-state index in [1.165, 1.54) is 5.56 Å². The van der Waals surface area contributed by atoms with E-state index in [1.807, 2.05) is 30.3 Å². The van der Waals surface area contributed by atoms with Gasteiger partial charge in [0.15, 0.2) is 0 Å². The molecule has 0 bridgehead atoms. The number of nitrogens with two attached hydrogens (primary N) is 1. The molecule has 3 rings (SSSR count). The van der Waals surface area contributed by atoms with E-state index in [-0.39, 0.29) is 6.04 Å². The van der Waals surface area contributed by atoms with Crippen LogP contribution in [0.4, 0.5) is 0 Å². The number of hydrazine groups is 1. The van der Waals surface area contributed by atoms with Crippen LogP contribution in [0, 0.1) is 0 Å². The highest BCUT2D eigenvalue weighted by Crippen LogP contribution is 2.34. The van der Waals surface area contributed by atoms with E-state index in [1.54, 1.807) is 0 Å². The van der Waals surface area contributed by atoms with Crippen molar-refractivity contribution in [2.75, 3.05) is 6.61 Å². The van der Waals surface area contributed by atoms with E-state index in [0.29, 0.717) is 5.02 Å². The molecule has 0 aromatic heterocycles. The van der Waals surface area contributed by atoms with Gasteiger partial charge >= 0.3 is 0 Å². The largest absolute Gasteiger partial charge is 0.493 e. The van der Waals surface area contributed by atoms with Crippen LogP contribution in [0.2, 0.25) is 5.02 Å². The number of fused-ring (bicyclic) bond motifs is 1. The fourth-order valence-electron chi connectivity index (χ4n) is 2.49. The summed E-state index contributed by atoms with van der Waals surface area (Å²) in [6.45, 7) is 0.750. The van der Waals surface area contributed by atoms with E-state index in [2.05, 4.69) is 27.4 Å². The Bertz CT molecular complexity index is 648. The lowest BCUT2D eigenvalue weighted by Gasteiger charge is -2.19. The molecule has 0 saturated heterocycles. The lowest BCUT2D eigenvalue weighted by atomic mass is 9.97. The molecular formula is C15H14BrClN2O. The Hall–Kier alpha value is -1.07. The van der Waals surface area contributed by atoms with E-state index < -0.39 is 0 Å². The minimum Gasteiger partial charge on any atom is -0.493 e. The van der Waals surface area contributed by atoms with Gasteiger partial charge in [0, 0.05) is 15.9 Å². The Labute approximate surface area is 131 Å². The van der Waals surface area contributed by atoms with Crippen molar-refractivity contribution < 1.29 is 4.74 Å². The molecule has 1 aliphatic rings. The molecule has 2 aromatic rings. The van der Waals surface area contributed by atoms with Crippen LogP contribution in [0.5, 0.6) is 5.75 Å². The van der Waals surface area contributed by atoms with Crippen molar-refractivity contribution in [1.82, 2.24) is 5.43 Å². The topological polar surface area (TPSA) is 47.3 Å². The average Bonchev–Trinajstić information content (AvgIpc) is 2.91. The van der Waals surface area contributed by atoms with Crippen LogP contribution in [-0.4, -0.2) is 6.61 Å². The molecule has 3 nitrogen and oxygen atoms in total. The van der Waals surface area contributed by atoms with Gasteiger partial charge in [-0.1, -0.05) is 39.7 Å². The molecule has 0 saturated carbocycles. The van der Waals surface area contributed by atoms with Crippen molar-refractivity contribution in [3.63, 3.8) is 0 Å². The zero-order chi connectivity index (χ0) is 14.1. The Morgan fingerprint density at radius 3 is 2.90 bits per heavy atom. The van der Waals surface area contributed by atoms with Gasteiger partial charge in [0.2, 0.25) is 0 Å². The van der Waals surface area contributed by atoms with Crippen LogP contribution in [0.15, 0.2) is 40.9 Å². The first kappa shape index (κ1) is 13.9. The van der Waals surface area contributed by atoms with Crippen LogP contribution in [-0.2, 0) is 6.42 Å². The summed E-state index contributed by atoms with van der Waals surface area (Å²) in [5.41, 5.74) is 6.20. The normalized spacial score (nSPS) is 14.8. The molecular weight excluding hydrogens is 340 g/mol. The van der Waals surface area contributed by atoms with Crippen molar-refractivity contribution in [1.29, 1.82) is 0 Å². The zero-order valence-electron chi connectivity index (χ0n) is 10.7. The molecule has 2 aromatic carbocycles. The van der Waals surface area contributed by atoms with Crippen molar-refractivity contribution >= 4 is 27.5 Å². The molecule has 0 aliphatic carbocycles. The summed E-state index contributed by atoms with van der Waals surface area (Å²) in [6.07, 6.45) is 0.942. The Kier molecular flexibility index (Phi) is 3.98. The lowest BCUT2D eigenvalue weighted by Crippen LogP contribution is -2.29. The summed E-state index contributed by atoms with van der Waals surface area (Å²) in [5.74, 6) is 6.72. The molecule has 3 N–H and O–H groups in total. The third kappa shape index (κ3) is 2.56. The molecule has 0 spiro atoms. The van der Waals surface area contributed by atoms with E-state index >= 15 is 0 Å². The Morgan fingerprint density at radius 1 is 1.25 bits per heavy atom. The van der Waals surface area contributed by atoms with Gasteiger partial charge in [-0.25, -0.2) is 5.43 Å². The van der Waals surface area contributed by atoms with Crippen molar-refractivity contribution in [2.24, 2.45) is 5.84 Å². The molecule has 1 heterocycles. The number of halogens is 2. The SMILES string of the molecule is NNC(c1ccc2c(c1)CCO2)c1cc(Cl)ccc1Br. The molecule has 0 radical (unpaired) electrons. The fourth-order valence-corrected chi connectivity index (χ4v) is 3.14. The third-order valence-corrected chi connectivity index (χ3v) is 4.44. The first-order valence-electron chi connectivity index (χ1n) is 6.36. The summed E-state index contributed by atoms with van der Waals surface area (Å²) in [6, 6.07) is 11.7. The standard InChI is InChI=1S/C15H14BrClN2O/c16-13-3-2-11(17)8-12(13)15(19-18)10-1-4-14-9(7-10)5-6-20-14/h1-4,7-8,15,19H,5-6,18H2. The molecule has 5 heteroatoms. The second-order valence-corrected chi connectivity index (χ2v) is 6.02. The van der Waals surface area contributed by atoms with Crippen molar-refractivity contribution in [2.45, 2.75) is 12.5 Å². The number of benzene rings is 2. The smallest absolute Gasteiger partial charge is 0.122 e. The summed E-state index contributed by atoms with van der Waals surface area (Å²) >= 11 is 9.64. The van der Waals surface area contributed by atoms with E-state index in [0.717, 1.165) is 34.4 Å². The molecule has 1 aliphatic heterocycles. The summed E-state index contributed by atoms with van der Waals surface area (Å²) in [4.78, 5) is 0. The number of hydrogen-bond donors (Lipinski definition) is 2. The van der Waals surface area contributed by atoms with Crippen molar-refractivity contribution in [3.8, 4) is 5.75 Å². The van der Waals surface area contributed by atoms with Crippen LogP contribution in [0.25, 0.3) is 0 Å². The zero-order valence-corrected chi connectivity index (χ0v) is 13.0. The van der Waals surface area contributed by atoms with E-state index in [4.69, 9.17) is 22.2 Å². The predicted octanol–water partition coefficient (Wildman–Crippen LogP) is 3.59. The Balaban J connectivity index is 2.03. The van der Waals surface area contributed by atoms with Gasteiger partial charge in [0.1, 0.15) is 5.75 Å². The molecule has 104 valence electrons. The maximum atomic E-state index is 6.09. The second kappa shape index (κ2) is 5.74. The highest BCUT2D eigenvalue weighted by Gasteiger charge is 2.19. The van der Waals surface area contributed by atoms with Gasteiger partial charge in [-0.15, -0.1) is 0 Å². The number of ether oxygens (including phenoxy) is 1. The predicted molar refractivity (Wildman–Crippen MR) is 84.0 cm³/mol. The maximum absolute atomic E-state index is 6.09. The fraction of sp³-hybridized carbons (Fsp3) is 0.200. The van der Waals surface area contributed by atoms with Gasteiger partial charge in [-0.05, 0) is 41.0 Å². The molecule has 0 fully saturated rings. The third-order valence-electron chi connectivity index (χ3n) is 3.48. The minimum absolute atomic E-state index is 0.117. The molecule has 1 unspecified atom stereocenters. The summed E-state index contributed by atoms with van der Waals surface area (Å²) in [7, 11) is 0. The number of rotatable bonds is 3. The van der Waals surface area contributed by atoms with Crippen LogP contribution < -0.4 is 16.0 Å². The highest BCUT2D eigenvalue weighted by molar-refractivity contribution is 9.10. The quantitative estimate of drug-likeness (QED) is 0.655. The monoisotopic (exact) mass is 352 g/mol. The second-order valence-electron chi connectivity index (χ2n) is 4.73. The summed E-state index contributed by atoms with van der Waals surface area (Å²) in [5, 5.41) is 0.688. The van der Waals surface area contributed by atoms with Gasteiger partial charge in [0.25, 0.3) is 0 Å².